The molecule has 7 nitrogen and oxygen atoms in total. The lowest BCUT2D eigenvalue weighted by Gasteiger charge is -2.21. The van der Waals surface area contributed by atoms with Crippen molar-refractivity contribution in [2.24, 2.45) is 0 Å². The minimum atomic E-state index is -3.82. The number of benzene rings is 2. The van der Waals surface area contributed by atoms with Crippen molar-refractivity contribution in [3.8, 4) is 0 Å². The van der Waals surface area contributed by atoms with Gasteiger partial charge < -0.3 is 10.2 Å². The highest BCUT2D eigenvalue weighted by atomic mass is 32.2. The zero-order valence-electron chi connectivity index (χ0n) is 16.0. The molecule has 0 fully saturated rings. The fourth-order valence-corrected chi connectivity index (χ4v) is 3.65. The summed E-state index contributed by atoms with van der Waals surface area (Å²) >= 11 is 0. The summed E-state index contributed by atoms with van der Waals surface area (Å²) in [5.74, 6) is -0.331. The van der Waals surface area contributed by atoms with E-state index in [9.17, 15) is 13.2 Å². The van der Waals surface area contributed by atoms with E-state index in [0.29, 0.717) is 6.54 Å². The van der Waals surface area contributed by atoms with Crippen LogP contribution >= 0.6 is 0 Å². The number of hydroxylamine groups is 1. The average molecular weight is 393 g/mol. The lowest BCUT2D eigenvalue weighted by molar-refractivity contribution is -0.860. The number of hydrogen-bond donors (Lipinski definition) is 2. The standard InChI is InChI=1S/C19H25N3O4S/c1-21(2)14-18(15-9-6-5-7-10-15)20-19(23)16-11-8-12-17(13-16)27(24,25)22(3)26-4/h5-13,18H,14H2,1-4H3,(H,20,23)/p+1/t18-/m0/s1. The summed E-state index contributed by atoms with van der Waals surface area (Å²) in [6.07, 6.45) is 0. The van der Waals surface area contributed by atoms with Crippen LogP contribution in [0.2, 0.25) is 0 Å². The molecule has 0 spiro atoms. The van der Waals surface area contributed by atoms with Gasteiger partial charge in [0, 0.05) is 12.6 Å². The van der Waals surface area contributed by atoms with Crippen molar-refractivity contribution in [1.82, 2.24) is 9.79 Å². The van der Waals surface area contributed by atoms with Gasteiger partial charge in [0.05, 0.1) is 26.1 Å². The summed E-state index contributed by atoms with van der Waals surface area (Å²) in [5, 5.41) is 3.00. The van der Waals surface area contributed by atoms with E-state index in [4.69, 9.17) is 4.84 Å². The molecule has 0 unspecified atom stereocenters. The number of likely N-dealkylation sites (N-methyl/N-ethyl adjacent to an activating group) is 1. The first-order valence-electron chi connectivity index (χ1n) is 8.53. The molecule has 0 radical (unpaired) electrons. The van der Waals surface area contributed by atoms with Crippen LogP contribution in [0.15, 0.2) is 59.5 Å². The first-order chi connectivity index (χ1) is 12.8. The molecule has 2 aromatic rings. The normalized spacial score (nSPS) is 13.0. The van der Waals surface area contributed by atoms with E-state index < -0.39 is 10.0 Å². The zero-order chi connectivity index (χ0) is 20.0. The van der Waals surface area contributed by atoms with Gasteiger partial charge in [0.25, 0.3) is 15.9 Å². The van der Waals surface area contributed by atoms with Gasteiger partial charge in [-0.05, 0) is 23.8 Å². The lowest BCUT2D eigenvalue weighted by Crippen LogP contribution is -3.06. The minimum Gasteiger partial charge on any atom is -0.340 e. The molecule has 0 aliphatic rings. The highest BCUT2D eigenvalue weighted by Gasteiger charge is 2.23. The van der Waals surface area contributed by atoms with E-state index >= 15 is 0 Å². The molecule has 146 valence electrons. The molecule has 1 amide bonds. The molecule has 27 heavy (non-hydrogen) atoms. The second-order valence-corrected chi connectivity index (χ2v) is 8.41. The third-order valence-electron chi connectivity index (χ3n) is 4.11. The number of amides is 1. The molecule has 0 heterocycles. The number of nitrogens with one attached hydrogen (secondary N) is 2. The molecule has 8 heteroatoms. The Labute approximate surface area is 160 Å². The van der Waals surface area contributed by atoms with Gasteiger partial charge in [0.15, 0.2) is 0 Å². The van der Waals surface area contributed by atoms with Crippen LogP contribution in [0, 0.1) is 0 Å². The number of carbonyl (C=O) groups is 1. The molecule has 2 N–H and O–H groups in total. The molecule has 0 aliphatic heterocycles. The molecule has 0 bridgehead atoms. The predicted molar refractivity (Wildman–Crippen MR) is 103 cm³/mol. The lowest BCUT2D eigenvalue weighted by atomic mass is 10.1. The van der Waals surface area contributed by atoms with E-state index in [-0.39, 0.29) is 22.4 Å². The Morgan fingerprint density at radius 2 is 1.81 bits per heavy atom. The van der Waals surface area contributed by atoms with E-state index in [2.05, 4.69) is 5.32 Å². The Morgan fingerprint density at radius 3 is 2.41 bits per heavy atom. The summed E-state index contributed by atoms with van der Waals surface area (Å²) in [7, 11) is 2.77. The Morgan fingerprint density at radius 1 is 1.15 bits per heavy atom. The van der Waals surface area contributed by atoms with Crippen LogP contribution in [0.25, 0.3) is 0 Å². The van der Waals surface area contributed by atoms with Crippen molar-refractivity contribution in [3.63, 3.8) is 0 Å². The monoisotopic (exact) mass is 392 g/mol. The van der Waals surface area contributed by atoms with Crippen molar-refractivity contribution in [1.29, 1.82) is 0 Å². The van der Waals surface area contributed by atoms with E-state index in [1.165, 1.54) is 31.2 Å². The summed E-state index contributed by atoms with van der Waals surface area (Å²) in [6, 6.07) is 15.4. The van der Waals surface area contributed by atoms with Crippen LogP contribution in [-0.4, -0.2) is 53.6 Å². The fourth-order valence-electron chi connectivity index (χ4n) is 2.63. The summed E-state index contributed by atoms with van der Waals surface area (Å²) < 4.78 is 25.5. The Bertz CT molecular complexity index is 870. The largest absolute Gasteiger partial charge is 0.340 e. The second-order valence-electron chi connectivity index (χ2n) is 6.47. The topological polar surface area (TPSA) is 80.1 Å². The summed E-state index contributed by atoms with van der Waals surface area (Å²) in [5.41, 5.74) is 1.27. The van der Waals surface area contributed by atoms with Crippen LogP contribution in [0.1, 0.15) is 22.0 Å². The fraction of sp³-hybridized carbons (Fsp3) is 0.316. The Kier molecular flexibility index (Phi) is 7.09. The first-order valence-corrected chi connectivity index (χ1v) is 9.97. The summed E-state index contributed by atoms with van der Waals surface area (Å²) in [4.78, 5) is 18.7. The van der Waals surface area contributed by atoms with Gasteiger partial charge in [-0.15, -0.1) is 0 Å². The van der Waals surface area contributed by atoms with Crippen LogP contribution in [0.5, 0.6) is 0 Å². The zero-order valence-corrected chi connectivity index (χ0v) is 16.8. The molecular weight excluding hydrogens is 366 g/mol. The van der Waals surface area contributed by atoms with Crippen molar-refractivity contribution in [2.45, 2.75) is 10.9 Å². The SMILES string of the molecule is CON(C)S(=O)(=O)c1cccc(C(=O)N[C@@H](C[NH+](C)C)c2ccccc2)c1. The van der Waals surface area contributed by atoms with Gasteiger partial charge in [0.1, 0.15) is 12.6 Å². The Balaban J connectivity index is 2.27. The number of nitrogens with zero attached hydrogens (tertiary/aromatic N) is 1. The molecule has 2 rings (SSSR count). The molecule has 0 aliphatic carbocycles. The highest BCUT2D eigenvalue weighted by Crippen LogP contribution is 2.17. The van der Waals surface area contributed by atoms with Crippen molar-refractivity contribution in [3.05, 3.63) is 65.7 Å². The van der Waals surface area contributed by atoms with Gasteiger partial charge in [0.2, 0.25) is 0 Å². The maximum atomic E-state index is 12.8. The van der Waals surface area contributed by atoms with Gasteiger partial charge in [-0.1, -0.05) is 40.9 Å². The van der Waals surface area contributed by atoms with E-state index in [0.717, 1.165) is 10.0 Å². The van der Waals surface area contributed by atoms with E-state index in [1.54, 1.807) is 12.1 Å². The average Bonchev–Trinajstić information content (AvgIpc) is 2.67. The molecule has 2 aromatic carbocycles. The molecule has 0 aromatic heterocycles. The number of rotatable bonds is 8. The molecule has 1 atom stereocenters. The van der Waals surface area contributed by atoms with Gasteiger partial charge in [-0.3, -0.25) is 9.63 Å². The predicted octanol–water partition coefficient (Wildman–Crippen LogP) is 0.484. The third-order valence-corrected chi connectivity index (χ3v) is 5.79. The Hall–Kier alpha value is -2.26. The molecular formula is C19H26N3O4S+. The highest BCUT2D eigenvalue weighted by molar-refractivity contribution is 7.89. The van der Waals surface area contributed by atoms with E-state index in [1.807, 2.05) is 44.4 Å². The number of hydrogen-bond acceptors (Lipinski definition) is 4. The third kappa shape index (κ3) is 5.36. The smallest absolute Gasteiger partial charge is 0.264 e. The second kappa shape index (κ2) is 9.09. The van der Waals surface area contributed by atoms with Crippen LogP contribution in [0.4, 0.5) is 0 Å². The van der Waals surface area contributed by atoms with Gasteiger partial charge in [-0.2, -0.15) is 0 Å². The maximum Gasteiger partial charge on any atom is 0.264 e. The van der Waals surface area contributed by atoms with Crippen LogP contribution < -0.4 is 10.2 Å². The number of sulfonamides is 1. The molecule has 0 saturated carbocycles. The first kappa shape index (κ1) is 21.0. The van der Waals surface area contributed by atoms with Crippen LogP contribution in [0.3, 0.4) is 0 Å². The summed E-state index contributed by atoms with van der Waals surface area (Å²) in [6.45, 7) is 0.695. The number of carbonyl (C=O) groups excluding carboxylic acids is 1. The quantitative estimate of drug-likeness (QED) is 0.641. The van der Waals surface area contributed by atoms with Gasteiger partial charge >= 0.3 is 0 Å². The minimum absolute atomic E-state index is 0.00556. The maximum absolute atomic E-state index is 12.8. The van der Waals surface area contributed by atoms with Crippen LogP contribution in [-0.2, 0) is 14.9 Å². The van der Waals surface area contributed by atoms with Crippen molar-refractivity contribution in [2.75, 3.05) is 34.8 Å². The van der Waals surface area contributed by atoms with Gasteiger partial charge in [-0.25, -0.2) is 8.42 Å². The molecule has 0 saturated heterocycles. The van der Waals surface area contributed by atoms with Crippen molar-refractivity contribution < 1.29 is 22.9 Å². The number of quaternary nitrogens is 1. The van der Waals surface area contributed by atoms with Crippen molar-refractivity contribution >= 4 is 15.9 Å².